The van der Waals surface area contributed by atoms with E-state index in [1.54, 1.807) is 5.57 Å². The van der Waals surface area contributed by atoms with Crippen LogP contribution in [0.1, 0.15) is 88.4 Å². The molecule has 8 bridgehead atoms. The molecule has 2 aromatic heterocycles. The number of fused-ring (bicyclic) bond motifs is 2. The van der Waals surface area contributed by atoms with Gasteiger partial charge in [0, 0.05) is 10.8 Å². The van der Waals surface area contributed by atoms with Gasteiger partial charge in [-0.1, -0.05) is 74.2 Å². The molecule has 0 aliphatic heterocycles. The van der Waals surface area contributed by atoms with Gasteiger partial charge in [0.1, 0.15) is 0 Å². The number of allylic oxidation sites excluding steroid dienone is 10. The Labute approximate surface area is 377 Å². The van der Waals surface area contributed by atoms with Crippen molar-refractivity contribution in [3.63, 3.8) is 0 Å². The van der Waals surface area contributed by atoms with E-state index in [0.29, 0.717) is 10.3 Å². The molecule has 0 saturated heterocycles. The molecule has 8 fully saturated rings. The summed E-state index contributed by atoms with van der Waals surface area (Å²) in [6, 6.07) is 36.4. The van der Waals surface area contributed by atoms with E-state index in [-0.39, 0.29) is 25.0 Å². The second-order valence-corrected chi connectivity index (χ2v) is 24.4. The molecule has 0 N–H and O–H groups in total. The van der Waals surface area contributed by atoms with Crippen LogP contribution in [0.4, 0.5) is 0 Å². The number of hydrogen-bond donors (Lipinski definition) is 0. The Hall–Kier alpha value is -3.44. The average Bonchev–Trinajstić information content (AvgIpc) is 3.99. The van der Waals surface area contributed by atoms with Gasteiger partial charge in [0.15, 0.2) is 0 Å². The maximum atomic E-state index is 5.54. The quantitative estimate of drug-likeness (QED) is 0.0925. The summed E-state index contributed by atoms with van der Waals surface area (Å²) in [5.41, 5.74) is 9.89. The summed E-state index contributed by atoms with van der Waals surface area (Å²) in [6.45, 7) is 0. The third-order valence-electron chi connectivity index (χ3n) is 16.6. The summed E-state index contributed by atoms with van der Waals surface area (Å²) in [5, 5.41) is 2.88. The molecule has 2 heterocycles. The molecule has 5 aromatic rings. The smallest absolute Gasteiger partial charge is 0.251 e. The number of pyridine rings is 2. The summed E-state index contributed by atoms with van der Waals surface area (Å²) < 4.78 is 0. The molecule has 15 rings (SSSR count). The fourth-order valence-corrected chi connectivity index (χ4v) is 20.7. The number of rotatable bonds is 7. The SMILES string of the molecule is PC(C1=CC(=C2C=CC=C[CH-]2)C=C1CP(C12CC3CC(CC(C3)C1)C2)C12CC3CC(CC(C3)C1)C2)(c1ccc2ccccc2n1)c1ccc2ccccc2n1.[Fe+2].c1cc[cH-]c1. The third kappa shape index (κ3) is 7.14. The monoisotopic (exact) mass is 876 g/mol. The Morgan fingerprint density at radius 1 is 0.607 bits per heavy atom. The van der Waals surface area contributed by atoms with Gasteiger partial charge in [-0.2, -0.15) is 18.2 Å². The van der Waals surface area contributed by atoms with Crippen molar-refractivity contribution in [1.29, 1.82) is 0 Å². The Kier molecular flexibility index (Phi) is 10.6. The number of nitrogens with zero attached hydrogens (tertiary/aromatic N) is 2. The molecule has 0 spiro atoms. The van der Waals surface area contributed by atoms with Crippen LogP contribution < -0.4 is 0 Å². The fourth-order valence-electron chi connectivity index (χ4n) is 14.9. The first kappa shape index (κ1) is 40.3. The third-order valence-corrected chi connectivity index (χ3v) is 21.5. The van der Waals surface area contributed by atoms with Crippen molar-refractivity contribution < 1.29 is 17.1 Å². The molecule has 0 amide bonds. The van der Waals surface area contributed by atoms with Crippen molar-refractivity contribution in [2.45, 2.75) is 92.5 Å². The van der Waals surface area contributed by atoms with E-state index < -0.39 is 5.16 Å². The van der Waals surface area contributed by atoms with Crippen molar-refractivity contribution in [2.75, 3.05) is 6.16 Å². The minimum Gasteiger partial charge on any atom is -0.251 e. The Bertz CT molecular complexity index is 2400. The van der Waals surface area contributed by atoms with Gasteiger partial charge in [0.25, 0.3) is 0 Å². The van der Waals surface area contributed by atoms with Crippen molar-refractivity contribution in [2.24, 2.45) is 35.5 Å². The zero-order valence-corrected chi connectivity index (χ0v) is 38.4. The Morgan fingerprint density at radius 2 is 1.10 bits per heavy atom. The van der Waals surface area contributed by atoms with Gasteiger partial charge in [-0.15, -0.1) is 45.5 Å². The standard InChI is InChI=1S/C51H53N2P2.C5H5.Fe/c54-51(47-16-14-40-10-4-6-12-45(40)52-47,48-17-15-41-11-5-7-13-46(41)53-48)44-25-42(39-8-2-1-3-9-39)24-43(44)32-55(49-26-33-18-34(27-49)20-35(19-33)28-49)50-29-36-21-37(30-50)23-38(22-36)31-50;1-2-4-5-3-1;/h1-17,24-25,33-38H,18-23,26-32,54H2;1-5H;/q2*-1;+2. The fraction of sp³-hybridized carbons (Fsp3) is 0.393. The normalized spacial score (nSPS) is 33.2. The summed E-state index contributed by atoms with van der Waals surface area (Å²) >= 11 is 0. The van der Waals surface area contributed by atoms with Crippen LogP contribution in [0.5, 0.6) is 0 Å². The van der Waals surface area contributed by atoms with E-state index in [1.165, 1.54) is 111 Å². The predicted octanol–water partition coefficient (Wildman–Crippen LogP) is 14.2. The van der Waals surface area contributed by atoms with Gasteiger partial charge in [-0.05, 0) is 164 Å². The van der Waals surface area contributed by atoms with E-state index in [9.17, 15) is 0 Å². The van der Waals surface area contributed by atoms with Crippen LogP contribution in [0.25, 0.3) is 21.8 Å². The molecule has 5 heteroatoms. The topological polar surface area (TPSA) is 25.8 Å². The summed E-state index contributed by atoms with van der Waals surface area (Å²) in [6.07, 6.45) is 36.0. The molecule has 10 aliphatic rings. The van der Waals surface area contributed by atoms with Crippen LogP contribution in [0.15, 0.2) is 162 Å². The van der Waals surface area contributed by atoms with E-state index in [1.807, 2.05) is 30.3 Å². The van der Waals surface area contributed by atoms with Crippen molar-refractivity contribution >= 4 is 39.0 Å². The summed E-state index contributed by atoms with van der Waals surface area (Å²) in [4.78, 5) is 11.1. The van der Waals surface area contributed by atoms with Gasteiger partial charge in [-0.3, -0.25) is 9.97 Å². The first-order valence-electron chi connectivity index (χ1n) is 23.2. The van der Waals surface area contributed by atoms with Gasteiger partial charge in [0.2, 0.25) is 0 Å². The maximum absolute atomic E-state index is 5.54. The van der Waals surface area contributed by atoms with Gasteiger partial charge in [-0.25, -0.2) is 12.1 Å². The molecule has 0 radical (unpaired) electrons. The van der Waals surface area contributed by atoms with Crippen LogP contribution in [0, 0.1) is 41.9 Å². The zero-order chi connectivity index (χ0) is 39.9. The van der Waals surface area contributed by atoms with Crippen molar-refractivity contribution in [3.05, 3.63) is 180 Å². The molecule has 310 valence electrons. The van der Waals surface area contributed by atoms with E-state index in [4.69, 9.17) is 9.97 Å². The minimum atomic E-state index is -0.611. The van der Waals surface area contributed by atoms with Crippen molar-refractivity contribution in [3.8, 4) is 0 Å². The molecule has 8 saturated carbocycles. The van der Waals surface area contributed by atoms with Gasteiger partial charge >= 0.3 is 17.1 Å². The second-order valence-electron chi connectivity index (χ2n) is 20.5. The van der Waals surface area contributed by atoms with Crippen LogP contribution in [-0.2, 0) is 22.2 Å². The number of para-hydroxylation sites is 2. The predicted molar refractivity (Wildman–Crippen MR) is 255 cm³/mol. The largest absolute Gasteiger partial charge is 2.00 e. The first-order valence-corrected chi connectivity index (χ1v) is 25.3. The minimum absolute atomic E-state index is 0. The molecule has 3 aromatic carbocycles. The van der Waals surface area contributed by atoms with Gasteiger partial charge < -0.3 is 0 Å². The number of aromatic nitrogens is 2. The molecular formula is C56H58FeN2P2. The molecule has 1 unspecified atom stereocenters. The summed E-state index contributed by atoms with van der Waals surface area (Å²) in [5.74, 6) is 5.88. The molecular weight excluding hydrogens is 818 g/mol. The average molecular weight is 877 g/mol. The van der Waals surface area contributed by atoms with Crippen molar-refractivity contribution in [1.82, 2.24) is 9.97 Å². The van der Waals surface area contributed by atoms with Crippen LogP contribution in [0.2, 0.25) is 0 Å². The number of benzene rings is 2. The zero-order valence-electron chi connectivity index (χ0n) is 35.3. The Morgan fingerprint density at radius 3 is 1.54 bits per heavy atom. The first-order chi connectivity index (χ1) is 29.4. The molecule has 61 heavy (non-hydrogen) atoms. The summed E-state index contributed by atoms with van der Waals surface area (Å²) in [7, 11) is 3.17. The van der Waals surface area contributed by atoms with E-state index in [2.05, 4.69) is 125 Å². The Balaban J connectivity index is 0.000000656. The molecule has 1 atom stereocenters. The van der Waals surface area contributed by atoms with E-state index >= 15 is 0 Å². The van der Waals surface area contributed by atoms with Crippen LogP contribution in [0.3, 0.4) is 0 Å². The van der Waals surface area contributed by atoms with E-state index in [0.717, 1.165) is 57.9 Å². The second kappa shape index (κ2) is 16.0. The van der Waals surface area contributed by atoms with Crippen LogP contribution >= 0.6 is 17.2 Å². The maximum Gasteiger partial charge on any atom is 2.00 e. The van der Waals surface area contributed by atoms with Crippen LogP contribution in [-0.4, -0.2) is 26.4 Å². The molecule has 10 aliphatic carbocycles. The molecule has 2 nitrogen and oxygen atoms in total. The van der Waals surface area contributed by atoms with Gasteiger partial charge in [0.05, 0.1) is 27.6 Å². The number of hydrogen-bond acceptors (Lipinski definition) is 2.